The van der Waals surface area contributed by atoms with Crippen molar-refractivity contribution in [1.82, 2.24) is 0 Å². The maximum Gasteiger partial charge on any atom is 0.511 e. The van der Waals surface area contributed by atoms with E-state index in [9.17, 15) is 15.0 Å². The van der Waals surface area contributed by atoms with Gasteiger partial charge in [0.2, 0.25) is 6.29 Å². The average Bonchev–Trinajstić information content (AvgIpc) is 2.30. The van der Waals surface area contributed by atoms with Gasteiger partial charge in [-0.1, -0.05) is 0 Å². The first kappa shape index (κ1) is 13.2. The van der Waals surface area contributed by atoms with Crippen LogP contribution in [0.2, 0.25) is 0 Å². The molecule has 0 bridgehead atoms. The zero-order valence-corrected chi connectivity index (χ0v) is 9.84. The quantitative estimate of drug-likeness (QED) is 0.639. The lowest BCUT2D eigenvalue weighted by atomic mass is 10.2. The number of hydrogen-bond acceptors (Lipinski definition) is 6. The minimum atomic E-state index is -1.25. The van der Waals surface area contributed by atoms with Gasteiger partial charge in [-0.25, -0.2) is 4.79 Å². The smallest absolute Gasteiger partial charge is 0.429 e. The number of aliphatic hydroxyl groups excluding tert-OH is 2. The van der Waals surface area contributed by atoms with Gasteiger partial charge in [0.25, 0.3) is 0 Å². The molecular formula is C10H18O6. The highest BCUT2D eigenvalue weighted by molar-refractivity contribution is 5.60. The van der Waals surface area contributed by atoms with Crippen LogP contribution in [-0.4, -0.2) is 46.6 Å². The van der Waals surface area contributed by atoms with Crippen molar-refractivity contribution in [3.8, 4) is 0 Å². The number of ether oxygens (including phenoxy) is 3. The van der Waals surface area contributed by atoms with Crippen molar-refractivity contribution in [1.29, 1.82) is 0 Å². The molecule has 1 heterocycles. The minimum absolute atomic E-state index is 0.581. The molecule has 0 unspecified atom stereocenters. The highest BCUT2D eigenvalue weighted by Gasteiger charge is 2.43. The summed E-state index contributed by atoms with van der Waals surface area (Å²) in [6.45, 7) is 6.65. The second kappa shape index (κ2) is 4.57. The Labute approximate surface area is 94.1 Å². The molecule has 16 heavy (non-hydrogen) atoms. The van der Waals surface area contributed by atoms with Gasteiger partial charge in [-0.3, -0.25) is 0 Å². The standard InChI is InChI=1S/C10H18O6/c1-5-6(11)7(12)8(14-5)15-9(13)16-10(2,3)4/h5-8,11-12H,1-4H3/t5-,6+,7-,8-/m1/s1. The van der Waals surface area contributed by atoms with E-state index in [1.807, 2.05) is 0 Å². The first-order valence-electron chi connectivity index (χ1n) is 5.12. The number of hydrogen-bond donors (Lipinski definition) is 2. The molecule has 1 rings (SSSR count). The molecular weight excluding hydrogens is 216 g/mol. The predicted octanol–water partition coefficient (Wildman–Crippen LogP) is 0.405. The summed E-state index contributed by atoms with van der Waals surface area (Å²) in [4.78, 5) is 11.3. The summed E-state index contributed by atoms with van der Waals surface area (Å²) in [5, 5.41) is 18.8. The second-order valence-electron chi connectivity index (χ2n) is 4.77. The lowest BCUT2D eigenvalue weighted by Crippen LogP contribution is -2.35. The summed E-state index contributed by atoms with van der Waals surface area (Å²) >= 11 is 0. The monoisotopic (exact) mass is 234 g/mol. The molecule has 0 amide bonds. The van der Waals surface area contributed by atoms with Gasteiger partial charge in [0.1, 0.15) is 17.8 Å². The van der Waals surface area contributed by atoms with Gasteiger partial charge in [-0.15, -0.1) is 0 Å². The van der Waals surface area contributed by atoms with Crippen molar-refractivity contribution in [3.05, 3.63) is 0 Å². The molecule has 0 saturated carbocycles. The molecule has 1 saturated heterocycles. The molecule has 6 nitrogen and oxygen atoms in total. The molecule has 1 aliphatic rings. The van der Waals surface area contributed by atoms with Crippen LogP contribution in [0, 0.1) is 0 Å². The van der Waals surface area contributed by atoms with Gasteiger partial charge in [0.15, 0.2) is 0 Å². The molecule has 2 N–H and O–H groups in total. The third kappa shape index (κ3) is 3.33. The van der Waals surface area contributed by atoms with Crippen molar-refractivity contribution in [2.24, 2.45) is 0 Å². The van der Waals surface area contributed by atoms with Crippen molar-refractivity contribution in [2.75, 3.05) is 0 Å². The molecule has 6 heteroatoms. The Balaban J connectivity index is 2.47. The van der Waals surface area contributed by atoms with E-state index in [1.165, 1.54) is 0 Å². The molecule has 1 aliphatic heterocycles. The molecule has 0 radical (unpaired) electrons. The fourth-order valence-corrected chi connectivity index (χ4v) is 1.28. The van der Waals surface area contributed by atoms with Crippen molar-refractivity contribution >= 4 is 6.16 Å². The first-order valence-corrected chi connectivity index (χ1v) is 5.12. The van der Waals surface area contributed by atoms with Gasteiger partial charge in [-0.05, 0) is 27.7 Å². The summed E-state index contributed by atoms with van der Waals surface area (Å²) in [7, 11) is 0. The number of carbonyl (C=O) groups is 1. The van der Waals surface area contributed by atoms with Gasteiger partial charge in [-0.2, -0.15) is 0 Å². The van der Waals surface area contributed by atoms with Crippen LogP contribution in [0.4, 0.5) is 4.79 Å². The van der Waals surface area contributed by atoms with Crippen LogP contribution in [0.3, 0.4) is 0 Å². The molecule has 0 aromatic rings. The van der Waals surface area contributed by atoms with E-state index in [4.69, 9.17) is 14.2 Å². The zero-order valence-electron chi connectivity index (χ0n) is 9.84. The Kier molecular flexibility index (Phi) is 3.77. The summed E-state index contributed by atoms with van der Waals surface area (Å²) in [5.74, 6) is 0. The van der Waals surface area contributed by atoms with Crippen LogP contribution < -0.4 is 0 Å². The largest absolute Gasteiger partial charge is 0.511 e. The fraction of sp³-hybridized carbons (Fsp3) is 0.900. The number of aliphatic hydroxyl groups is 2. The second-order valence-corrected chi connectivity index (χ2v) is 4.77. The van der Waals surface area contributed by atoms with Crippen LogP contribution >= 0.6 is 0 Å². The highest BCUT2D eigenvalue weighted by atomic mass is 16.8. The van der Waals surface area contributed by atoms with E-state index >= 15 is 0 Å². The molecule has 0 aliphatic carbocycles. The Bertz CT molecular complexity index is 259. The molecule has 4 atom stereocenters. The number of carbonyl (C=O) groups excluding carboxylic acids is 1. The van der Waals surface area contributed by atoms with E-state index in [2.05, 4.69) is 0 Å². The van der Waals surface area contributed by atoms with Gasteiger partial charge < -0.3 is 24.4 Å². The maximum atomic E-state index is 11.3. The highest BCUT2D eigenvalue weighted by Crippen LogP contribution is 2.22. The van der Waals surface area contributed by atoms with Crippen LogP contribution in [0.5, 0.6) is 0 Å². The normalized spacial score (nSPS) is 34.9. The van der Waals surface area contributed by atoms with E-state index in [0.717, 1.165) is 0 Å². The Morgan fingerprint density at radius 3 is 2.19 bits per heavy atom. The Morgan fingerprint density at radius 1 is 1.25 bits per heavy atom. The zero-order chi connectivity index (χ0) is 12.5. The number of rotatable bonds is 1. The minimum Gasteiger partial charge on any atom is -0.429 e. The third-order valence-electron chi connectivity index (χ3n) is 2.06. The summed E-state index contributed by atoms with van der Waals surface area (Å²) in [5.41, 5.74) is -0.676. The molecule has 94 valence electrons. The van der Waals surface area contributed by atoms with Crippen molar-refractivity contribution < 1.29 is 29.2 Å². The lowest BCUT2D eigenvalue weighted by Gasteiger charge is -2.21. The van der Waals surface area contributed by atoms with Gasteiger partial charge in [0, 0.05) is 0 Å². The van der Waals surface area contributed by atoms with Crippen molar-refractivity contribution in [2.45, 2.75) is 57.9 Å². The van der Waals surface area contributed by atoms with Crippen molar-refractivity contribution in [3.63, 3.8) is 0 Å². The predicted molar refractivity (Wildman–Crippen MR) is 53.7 cm³/mol. The van der Waals surface area contributed by atoms with E-state index in [1.54, 1.807) is 27.7 Å². The summed E-state index contributed by atoms with van der Waals surface area (Å²) < 4.78 is 14.7. The Morgan fingerprint density at radius 2 is 1.81 bits per heavy atom. The van der Waals surface area contributed by atoms with Crippen LogP contribution in [0.15, 0.2) is 0 Å². The van der Waals surface area contributed by atoms with Crippen LogP contribution in [-0.2, 0) is 14.2 Å². The average molecular weight is 234 g/mol. The van der Waals surface area contributed by atoms with Gasteiger partial charge >= 0.3 is 6.16 Å². The first-order chi connectivity index (χ1) is 7.20. The lowest BCUT2D eigenvalue weighted by molar-refractivity contribution is -0.151. The topological polar surface area (TPSA) is 85.2 Å². The fourth-order valence-electron chi connectivity index (χ4n) is 1.28. The van der Waals surface area contributed by atoms with Gasteiger partial charge in [0.05, 0.1) is 6.10 Å². The Hall–Kier alpha value is -0.850. The van der Waals surface area contributed by atoms with Crippen LogP contribution in [0.1, 0.15) is 27.7 Å². The SMILES string of the molecule is C[C@H]1O[C@H](OC(=O)OC(C)(C)C)[C@H](O)[C@H]1O. The molecule has 1 fully saturated rings. The summed E-state index contributed by atoms with van der Waals surface area (Å²) in [6.07, 6.45) is -5.00. The van der Waals surface area contributed by atoms with E-state index in [0.29, 0.717) is 0 Å². The molecule has 0 spiro atoms. The maximum absolute atomic E-state index is 11.3. The molecule has 0 aromatic carbocycles. The van der Waals surface area contributed by atoms with E-state index in [-0.39, 0.29) is 0 Å². The van der Waals surface area contributed by atoms with E-state index < -0.39 is 36.4 Å². The third-order valence-corrected chi connectivity index (χ3v) is 2.06. The van der Waals surface area contributed by atoms with Crippen LogP contribution in [0.25, 0.3) is 0 Å². The molecule has 0 aromatic heterocycles. The summed E-state index contributed by atoms with van der Waals surface area (Å²) in [6, 6.07) is 0.